The molecule has 0 bridgehead atoms. The molecule has 0 N–H and O–H groups in total. The second kappa shape index (κ2) is 12.1. The molecule has 11 heteroatoms. The van der Waals surface area contributed by atoms with Gasteiger partial charge in [-0.05, 0) is 68.4 Å². The Morgan fingerprint density at radius 2 is 1.78 bits per heavy atom. The molecule has 2 heterocycles. The fourth-order valence-corrected chi connectivity index (χ4v) is 7.16. The standard InChI is InChI=1S/C26H33ClN4O4S2/c1-4-29(5-2)16-17-31(26-28-23-11-8-21(35-3)18-24(23)36-26)25(32)19-12-14-30(15-13-19)37(33,34)22-9-6-20(27)7-10-22/h6-11,18-19H,4-5,12-17H2,1-3H3. The summed E-state index contributed by atoms with van der Waals surface area (Å²) in [7, 11) is -2.00. The number of anilines is 1. The molecule has 1 aliphatic heterocycles. The summed E-state index contributed by atoms with van der Waals surface area (Å²) in [6.07, 6.45) is 0.929. The molecule has 37 heavy (non-hydrogen) atoms. The molecule has 0 saturated carbocycles. The molecule has 8 nitrogen and oxygen atoms in total. The minimum atomic E-state index is -3.63. The number of carbonyl (C=O) groups excluding carboxylic acids is 1. The number of fused-ring (bicyclic) bond motifs is 1. The second-order valence-electron chi connectivity index (χ2n) is 8.98. The Kier molecular flexibility index (Phi) is 9.07. The van der Waals surface area contributed by atoms with Gasteiger partial charge in [0.05, 0.1) is 22.2 Å². The molecule has 4 rings (SSSR count). The van der Waals surface area contributed by atoms with Gasteiger partial charge in [-0.3, -0.25) is 9.69 Å². The van der Waals surface area contributed by atoms with E-state index in [1.54, 1.807) is 24.1 Å². The van der Waals surface area contributed by atoms with Gasteiger partial charge in [-0.2, -0.15) is 4.31 Å². The molecule has 0 spiro atoms. The van der Waals surface area contributed by atoms with Gasteiger partial charge in [0.1, 0.15) is 5.75 Å². The molecule has 1 aliphatic rings. The smallest absolute Gasteiger partial charge is 0.243 e. The molecule has 1 fully saturated rings. The summed E-state index contributed by atoms with van der Waals surface area (Å²) >= 11 is 7.40. The lowest BCUT2D eigenvalue weighted by Crippen LogP contribution is -2.46. The third-order valence-corrected chi connectivity index (χ3v) is 10.1. The molecule has 0 aliphatic carbocycles. The van der Waals surface area contributed by atoms with Crippen molar-refractivity contribution < 1.29 is 17.9 Å². The number of amides is 1. The Morgan fingerprint density at radius 1 is 1.11 bits per heavy atom. The minimum absolute atomic E-state index is 0.00159. The molecular formula is C26H33ClN4O4S2. The molecule has 1 amide bonds. The monoisotopic (exact) mass is 564 g/mol. The van der Waals surface area contributed by atoms with Crippen LogP contribution in [-0.4, -0.2) is 74.9 Å². The Morgan fingerprint density at radius 3 is 2.41 bits per heavy atom. The lowest BCUT2D eigenvalue weighted by atomic mass is 9.96. The largest absolute Gasteiger partial charge is 0.497 e. The summed E-state index contributed by atoms with van der Waals surface area (Å²) in [5.41, 5.74) is 0.824. The number of halogens is 1. The van der Waals surface area contributed by atoms with Crippen molar-refractivity contribution in [3.8, 4) is 5.75 Å². The van der Waals surface area contributed by atoms with E-state index in [9.17, 15) is 13.2 Å². The van der Waals surface area contributed by atoms with Crippen LogP contribution < -0.4 is 9.64 Å². The molecule has 3 aromatic rings. The van der Waals surface area contributed by atoms with Crippen LogP contribution in [-0.2, 0) is 14.8 Å². The first kappa shape index (κ1) is 27.8. The SMILES string of the molecule is CCN(CC)CCN(C(=O)C1CCN(S(=O)(=O)c2ccc(Cl)cc2)CC1)c1nc2ccc(OC)cc2s1. The van der Waals surface area contributed by atoms with Crippen molar-refractivity contribution in [2.45, 2.75) is 31.6 Å². The summed E-state index contributed by atoms with van der Waals surface area (Å²) in [5, 5.41) is 1.15. The van der Waals surface area contributed by atoms with Crippen molar-refractivity contribution in [3.63, 3.8) is 0 Å². The topological polar surface area (TPSA) is 83.0 Å². The fourth-order valence-electron chi connectivity index (χ4n) is 4.54. The van der Waals surface area contributed by atoms with Gasteiger partial charge in [0, 0.05) is 37.1 Å². The van der Waals surface area contributed by atoms with Crippen molar-refractivity contribution in [2.75, 3.05) is 51.3 Å². The zero-order valence-electron chi connectivity index (χ0n) is 21.4. The van der Waals surface area contributed by atoms with Crippen LogP contribution in [0.25, 0.3) is 10.2 Å². The maximum atomic E-state index is 13.8. The summed E-state index contributed by atoms with van der Waals surface area (Å²) in [6, 6.07) is 11.9. The van der Waals surface area contributed by atoms with Gasteiger partial charge in [-0.25, -0.2) is 13.4 Å². The number of benzene rings is 2. The van der Waals surface area contributed by atoms with E-state index in [0.717, 1.165) is 35.6 Å². The first-order valence-electron chi connectivity index (χ1n) is 12.5. The van der Waals surface area contributed by atoms with Crippen LogP contribution in [0.2, 0.25) is 5.02 Å². The van der Waals surface area contributed by atoms with Crippen LogP contribution in [0, 0.1) is 5.92 Å². The number of hydrogen-bond acceptors (Lipinski definition) is 7. The maximum Gasteiger partial charge on any atom is 0.243 e. The first-order chi connectivity index (χ1) is 17.8. The van der Waals surface area contributed by atoms with Crippen LogP contribution in [0.4, 0.5) is 5.13 Å². The Labute approximate surface area is 227 Å². The van der Waals surface area contributed by atoms with Gasteiger partial charge >= 0.3 is 0 Å². The van der Waals surface area contributed by atoms with E-state index >= 15 is 0 Å². The summed E-state index contributed by atoms with van der Waals surface area (Å²) in [6.45, 7) is 7.87. The highest BCUT2D eigenvalue weighted by Gasteiger charge is 2.35. The van der Waals surface area contributed by atoms with Gasteiger partial charge in [-0.1, -0.05) is 36.8 Å². The lowest BCUT2D eigenvalue weighted by molar-refractivity contribution is -0.123. The average Bonchev–Trinajstić information content (AvgIpc) is 3.34. The number of nitrogens with zero attached hydrogens (tertiary/aromatic N) is 4. The number of piperidine rings is 1. The Balaban J connectivity index is 1.52. The quantitative estimate of drug-likeness (QED) is 0.354. The molecule has 0 unspecified atom stereocenters. The molecule has 200 valence electrons. The fraction of sp³-hybridized carbons (Fsp3) is 0.462. The number of likely N-dealkylation sites (N-methyl/N-ethyl adjacent to an activating group) is 1. The van der Waals surface area contributed by atoms with E-state index in [1.165, 1.54) is 27.8 Å². The van der Waals surface area contributed by atoms with Gasteiger partial charge < -0.3 is 9.64 Å². The normalized spacial score (nSPS) is 15.4. The first-order valence-corrected chi connectivity index (χ1v) is 15.1. The van der Waals surface area contributed by atoms with Gasteiger partial charge in [0.2, 0.25) is 15.9 Å². The van der Waals surface area contributed by atoms with Crippen LogP contribution in [0.5, 0.6) is 5.75 Å². The zero-order chi connectivity index (χ0) is 26.6. The van der Waals surface area contributed by atoms with E-state index in [0.29, 0.717) is 42.6 Å². The highest BCUT2D eigenvalue weighted by Crippen LogP contribution is 2.33. The van der Waals surface area contributed by atoms with Gasteiger partial charge in [0.25, 0.3) is 0 Å². The molecular weight excluding hydrogens is 532 g/mol. The summed E-state index contributed by atoms with van der Waals surface area (Å²) in [5.74, 6) is 0.481. The van der Waals surface area contributed by atoms with Crippen molar-refractivity contribution >= 4 is 54.2 Å². The third-order valence-electron chi connectivity index (χ3n) is 6.87. The van der Waals surface area contributed by atoms with Gasteiger partial charge in [-0.15, -0.1) is 0 Å². The van der Waals surface area contributed by atoms with E-state index in [1.807, 2.05) is 18.2 Å². The van der Waals surface area contributed by atoms with E-state index in [2.05, 4.69) is 18.7 Å². The molecule has 0 atom stereocenters. The minimum Gasteiger partial charge on any atom is -0.497 e. The van der Waals surface area contributed by atoms with Crippen molar-refractivity contribution in [1.82, 2.24) is 14.2 Å². The molecule has 2 aromatic carbocycles. The van der Waals surface area contributed by atoms with E-state index in [-0.39, 0.29) is 16.7 Å². The number of thiazole rings is 1. The lowest BCUT2D eigenvalue weighted by Gasteiger charge is -2.33. The van der Waals surface area contributed by atoms with Crippen LogP contribution in [0.3, 0.4) is 0 Å². The Bertz CT molecular complexity index is 1320. The number of methoxy groups -OCH3 is 1. The maximum absolute atomic E-state index is 13.8. The zero-order valence-corrected chi connectivity index (χ0v) is 23.8. The highest BCUT2D eigenvalue weighted by atomic mass is 35.5. The number of aromatic nitrogens is 1. The van der Waals surface area contributed by atoms with E-state index in [4.69, 9.17) is 21.3 Å². The number of sulfonamides is 1. The number of ether oxygens (including phenoxy) is 1. The Hall–Kier alpha value is -2.24. The summed E-state index contributed by atoms with van der Waals surface area (Å²) < 4.78 is 33.9. The number of hydrogen-bond donors (Lipinski definition) is 0. The molecule has 1 aromatic heterocycles. The van der Waals surface area contributed by atoms with Crippen molar-refractivity contribution in [2.24, 2.45) is 5.92 Å². The van der Waals surface area contributed by atoms with Crippen molar-refractivity contribution in [3.05, 3.63) is 47.5 Å². The van der Waals surface area contributed by atoms with Gasteiger partial charge in [0.15, 0.2) is 5.13 Å². The number of carbonyl (C=O) groups is 1. The van der Waals surface area contributed by atoms with Crippen LogP contribution in [0.15, 0.2) is 47.4 Å². The average molecular weight is 565 g/mol. The molecule has 1 saturated heterocycles. The highest BCUT2D eigenvalue weighted by molar-refractivity contribution is 7.89. The van der Waals surface area contributed by atoms with Crippen LogP contribution >= 0.6 is 22.9 Å². The predicted octanol–water partition coefficient (Wildman–Crippen LogP) is 4.73. The molecule has 0 radical (unpaired) electrons. The predicted molar refractivity (Wildman–Crippen MR) is 149 cm³/mol. The van der Waals surface area contributed by atoms with Crippen LogP contribution in [0.1, 0.15) is 26.7 Å². The number of rotatable bonds is 10. The van der Waals surface area contributed by atoms with Crippen molar-refractivity contribution in [1.29, 1.82) is 0 Å². The summed E-state index contributed by atoms with van der Waals surface area (Å²) in [4.78, 5) is 22.9. The van der Waals surface area contributed by atoms with E-state index < -0.39 is 10.0 Å². The third kappa shape index (κ3) is 6.26. The second-order valence-corrected chi connectivity index (χ2v) is 12.4.